The van der Waals surface area contributed by atoms with Crippen LogP contribution in [0, 0.1) is 0 Å². The van der Waals surface area contributed by atoms with Gasteiger partial charge in [0.2, 0.25) is 0 Å². The number of nitrogens with zero attached hydrogens (tertiary/aromatic N) is 6. The van der Waals surface area contributed by atoms with Crippen LogP contribution >= 0.6 is 104 Å². The quantitative estimate of drug-likeness (QED) is 0.0758. The molecule has 0 radical (unpaired) electrons. The number of rotatable bonds is 14. The largest absolute Gasteiger partial charge is 0.508 e. The minimum atomic E-state index is 0.173. The number of phenols is 1. The van der Waals surface area contributed by atoms with Crippen LogP contribution in [0.3, 0.4) is 0 Å². The predicted octanol–water partition coefficient (Wildman–Crippen LogP) is 13.2. The monoisotopic (exact) mass is 1090 g/mol. The summed E-state index contributed by atoms with van der Waals surface area (Å²) in [5.74, 6) is 1.40. The highest BCUT2D eigenvalue weighted by molar-refractivity contribution is 6.36. The number of aromatic nitrogens is 6. The molecule has 5 N–H and O–H groups in total. The second kappa shape index (κ2) is 28.7. The number of hydrogen-bond donors (Lipinski definition) is 4. The Morgan fingerprint density at radius 1 is 0.478 bits per heavy atom. The zero-order chi connectivity index (χ0) is 48.9. The second-order valence-electron chi connectivity index (χ2n) is 13.3. The van der Waals surface area contributed by atoms with Crippen molar-refractivity contribution in [3.05, 3.63) is 159 Å². The van der Waals surface area contributed by atoms with Gasteiger partial charge in [0.05, 0.1) is 27.0 Å². The fraction of sp³-hybridized carbons (Fsp3) is 0.200. The molecule has 3 aromatic heterocycles. The van der Waals surface area contributed by atoms with Gasteiger partial charge in [0, 0.05) is 67.0 Å². The van der Waals surface area contributed by atoms with Gasteiger partial charge in [0.1, 0.15) is 32.8 Å². The number of methoxy groups -OCH3 is 3. The van der Waals surface area contributed by atoms with Crippen molar-refractivity contribution in [2.75, 3.05) is 51.6 Å². The van der Waals surface area contributed by atoms with Crippen LogP contribution < -0.4 is 30.6 Å². The van der Waals surface area contributed by atoms with E-state index in [9.17, 15) is 5.11 Å². The van der Waals surface area contributed by atoms with Crippen LogP contribution in [0.1, 0.15) is 16.7 Å². The lowest BCUT2D eigenvalue weighted by Gasteiger charge is -2.10. The molecule has 3 heterocycles. The third-order valence-electron chi connectivity index (χ3n) is 8.57. The summed E-state index contributed by atoms with van der Waals surface area (Å²) in [6.07, 6.45) is 2.25. The highest BCUT2D eigenvalue weighted by atomic mass is 35.5. The van der Waals surface area contributed by atoms with Crippen molar-refractivity contribution < 1.29 is 19.3 Å². The van der Waals surface area contributed by atoms with Crippen molar-refractivity contribution in [2.45, 2.75) is 19.3 Å². The molecule has 0 saturated carbocycles. The van der Waals surface area contributed by atoms with Gasteiger partial charge >= 0.3 is 18.0 Å². The van der Waals surface area contributed by atoms with Gasteiger partial charge < -0.3 is 35.7 Å². The lowest BCUT2D eigenvalue weighted by atomic mass is 10.1. The summed E-state index contributed by atoms with van der Waals surface area (Å²) in [5, 5.41) is 20.8. The van der Waals surface area contributed by atoms with Crippen molar-refractivity contribution in [2.24, 2.45) is 5.73 Å². The number of nitrogens with one attached hydrogen (secondary N) is 2. The smallest absolute Gasteiger partial charge is 0.319 e. The Morgan fingerprint density at radius 2 is 0.896 bits per heavy atom. The fourth-order valence-electron chi connectivity index (χ4n) is 5.44. The summed E-state index contributed by atoms with van der Waals surface area (Å²) in [5.41, 5.74) is 9.86. The van der Waals surface area contributed by atoms with Gasteiger partial charge in [-0.2, -0.15) is 29.9 Å². The number of halogens is 9. The predicted molar refractivity (Wildman–Crippen MR) is 274 cm³/mol. The van der Waals surface area contributed by atoms with E-state index in [0.29, 0.717) is 78.7 Å². The standard InChI is InChI=1S/C19H17Cl2N3O2.C13H12Cl3N3O.C8H9Cl2N.C5H4Cl2N2O/c1-26-19-23-17(13-3-2-4-15(25)9-13)11-18(24-19)22-8-7-12-5-6-14(20)10-16(12)21;1-20-13-18-11(16)7-12(19-13)17-5-4-8-2-3-9(14)6-10(8)15;9-7-2-1-6(3-4-11)8(10)5-7;1-10-5-8-3(6)2-4(7)9-5/h2-6,9-11,25H,7-8H2,1H3,(H,22,23,24);2-3,6-7H,4-5H2,1H3,(H,17,18,19);1-2,5H,3-4,11H2;2H,1H3. The van der Waals surface area contributed by atoms with Crippen LogP contribution in [-0.2, 0) is 19.3 Å². The minimum absolute atomic E-state index is 0.173. The molecule has 0 atom stereocenters. The molecular weight excluding hydrogens is 1050 g/mol. The average Bonchev–Trinajstić information content (AvgIpc) is 3.29. The first-order valence-electron chi connectivity index (χ1n) is 19.6. The lowest BCUT2D eigenvalue weighted by Crippen LogP contribution is -2.08. The van der Waals surface area contributed by atoms with Crippen LogP contribution in [-0.4, -0.2) is 76.0 Å². The Hall–Kier alpha value is -4.51. The van der Waals surface area contributed by atoms with E-state index in [4.69, 9.17) is 120 Å². The third-order valence-corrected chi connectivity index (χ3v) is 10.9. The van der Waals surface area contributed by atoms with Crippen molar-refractivity contribution in [1.29, 1.82) is 0 Å². The number of benzene rings is 4. The fourth-order valence-corrected chi connectivity index (χ4v) is 7.53. The van der Waals surface area contributed by atoms with Crippen LogP contribution in [0.5, 0.6) is 23.8 Å². The molecule has 0 saturated heterocycles. The molecule has 0 spiro atoms. The molecule has 0 unspecified atom stereocenters. The molecule has 13 nitrogen and oxygen atoms in total. The average molecular weight is 1090 g/mol. The maximum absolute atomic E-state index is 9.67. The normalized spacial score (nSPS) is 10.3. The maximum Gasteiger partial charge on any atom is 0.319 e. The second-order valence-corrected chi connectivity index (χ2v) is 17.0. The lowest BCUT2D eigenvalue weighted by molar-refractivity contribution is 0.380. The highest BCUT2D eigenvalue weighted by Crippen LogP contribution is 2.27. The number of nitrogens with two attached hydrogens (primary N) is 1. The van der Waals surface area contributed by atoms with Gasteiger partial charge in [0.25, 0.3) is 0 Å². The van der Waals surface area contributed by atoms with Crippen molar-refractivity contribution in [1.82, 2.24) is 29.9 Å². The van der Waals surface area contributed by atoms with Gasteiger partial charge in [0.15, 0.2) is 0 Å². The number of phenolic OH excluding ortho intramolecular Hbond substituents is 1. The first-order valence-corrected chi connectivity index (χ1v) is 23.0. The molecule has 0 amide bonds. The van der Waals surface area contributed by atoms with Crippen molar-refractivity contribution in [3.8, 4) is 35.0 Å². The Labute approximate surface area is 433 Å². The topological polar surface area (TPSA) is 175 Å². The summed E-state index contributed by atoms with van der Waals surface area (Å²) >= 11 is 52.5. The Balaban J connectivity index is 0.000000210. The van der Waals surface area contributed by atoms with Gasteiger partial charge in [-0.3, -0.25) is 0 Å². The molecule has 0 fully saturated rings. The van der Waals surface area contributed by atoms with E-state index >= 15 is 0 Å². The molecule has 0 aliphatic rings. The molecule has 354 valence electrons. The summed E-state index contributed by atoms with van der Waals surface area (Å²) < 4.78 is 14.8. The molecule has 0 bridgehead atoms. The Kier molecular flexibility index (Phi) is 23.6. The SMILES string of the molecule is COc1nc(Cl)cc(Cl)n1.COc1nc(Cl)cc(NCCc2ccc(Cl)cc2Cl)n1.COc1nc(NCCc2ccc(Cl)cc2Cl)cc(-c2cccc(O)c2)n1.NCCc1ccc(Cl)cc1Cl. The van der Waals surface area contributed by atoms with Gasteiger partial charge in [-0.05, 0) is 91.0 Å². The van der Waals surface area contributed by atoms with E-state index in [1.165, 1.54) is 27.4 Å². The minimum Gasteiger partial charge on any atom is -0.508 e. The van der Waals surface area contributed by atoms with Gasteiger partial charge in [-0.1, -0.05) is 135 Å². The summed E-state index contributed by atoms with van der Waals surface area (Å²) in [6.45, 7) is 1.89. The third kappa shape index (κ3) is 19.6. The number of anilines is 2. The molecule has 7 rings (SSSR count). The van der Waals surface area contributed by atoms with Crippen molar-refractivity contribution in [3.63, 3.8) is 0 Å². The van der Waals surface area contributed by atoms with Crippen LogP contribution in [0.4, 0.5) is 11.6 Å². The van der Waals surface area contributed by atoms with Gasteiger partial charge in [-0.15, -0.1) is 0 Å². The van der Waals surface area contributed by atoms with Crippen LogP contribution in [0.25, 0.3) is 11.3 Å². The maximum atomic E-state index is 9.67. The molecular formula is C45H42Cl9N9O4. The molecule has 0 aliphatic heterocycles. The van der Waals surface area contributed by atoms with E-state index in [-0.39, 0.29) is 34.1 Å². The van der Waals surface area contributed by atoms with Gasteiger partial charge in [-0.25, -0.2) is 0 Å². The molecule has 7 aromatic rings. The first-order chi connectivity index (χ1) is 32.1. The van der Waals surface area contributed by atoms with Crippen LogP contribution in [0.15, 0.2) is 97.1 Å². The molecule has 67 heavy (non-hydrogen) atoms. The van der Waals surface area contributed by atoms with Crippen molar-refractivity contribution >= 4 is 116 Å². The molecule has 22 heteroatoms. The van der Waals surface area contributed by atoms with E-state index in [0.717, 1.165) is 35.1 Å². The number of aromatic hydroxyl groups is 1. The Bertz CT molecular complexity index is 2670. The molecule has 4 aromatic carbocycles. The molecule has 0 aliphatic carbocycles. The zero-order valence-electron chi connectivity index (χ0n) is 35.8. The summed E-state index contributed by atoms with van der Waals surface area (Å²) in [4.78, 5) is 24.1. The van der Waals surface area contributed by atoms with E-state index < -0.39 is 0 Å². The number of ether oxygens (including phenoxy) is 3. The first kappa shape index (κ1) is 55.1. The van der Waals surface area contributed by atoms with Crippen LogP contribution in [0.2, 0.25) is 45.6 Å². The highest BCUT2D eigenvalue weighted by Gasteiger charge is 2.10. The van der Waals surface area contributed by atoms with E-state index in [1.54, 1.807) is 48.5 Å². The van der Waals surface area contributed by atoms with E-state index in [1.807, 2.05) is 42.5 Å². The zero-order valence-corrected chi connectivity index (χ0v) is 42.6. The summed E-state index contributed by atoms with van der Waals surface area (Å²) in [6, 6.07) is 28.7. The Morgan fingerprint density at radius 3 is 1.33 bits per heavy atom. The summed E-state index contributed by atoms with van der Waals surface area (Å²) in [7, 11) is 4.45. The van der Waals surface area contributed by atoms with E-state index in [2.05, 4.69) is 45.3 Å². The number of hydrogen-bond acceptors (Lipinski definition) is 13.